The molecule has 0 saturated heterocycles. The molecule has 0 aliphatic heterocycles. The summed E-state index contributed by atoms with van der Waals surface area (Å²) in [5.74, 6) is 0.883. The lowest BCUT2D eigenvalue weighted by Gasteiger charge is -2.24. The number of rotatable bonds is 3. The molecule has 5 nitrogen and oxygen atoms in total. The number of hydrogen-bond donors (Lipinski definition) is 0. The van der Waals surface area contributed by atoms with Crippen molar-refractivity contribution in [2.75, 3.05) is 0 Å². The molecule has 15 rings (SSSR count). The second-order valence-corrected chi connectivity index (χ2v) is 17.5. The Kier molecular flexibility index (Phi) is 7.16. The smallest absolute Gasteiger partial charge is 0.220 e. The van der Waals surface area contributed by atoms with Gasteiger partial charge in [-0.1, -0.05) is 146 Å². The van der Waals surface area contributed by atoms with Gasteiger partial charge >= 0.3 is 0 Å². The number of para-hydroxylation sites is 5. The van der Waals surface area contributed by atoms with Gasteiger partial charge in [0.25, 0.3) is 0 Å². The lowest BCUT2D eigenvalue weighted by Crippen LogP contribution is -2.00. The highest BCUT2D eigenvalue weighted by molar-refractivity contribution is 6.18. The van der Waals surface area contributed by atoms with Gasteiger partial charge in [-0.15, -0.1) is 0 Å². The SMILES string of the molecule is c1ccc(-n2c3ccccc3c3ccc4c(nc5n(-c6ccc7c(c6)c6ccccc6n7-c6ccc7c(c6)-c6ccccc6-c6ccccc6-c6ccccc6-7)c6ccccc6n45)c32)cc1. The van der Waals surface area contributed by atoms with E-state index in [1.54, 1.807) is 0 Å². The molecule has 4 aromatic heterocycles. The Balaban J connectivity index is 0.971. The zero-order chi connectivity index (χ0) is 43.0. The van der Waals surface area contributed by atoms with E-state index in [2.05, 4.69) is 243 Å². The van der Waals surface area contributed by atoms with Gasteiger partial charge in [-0.2, -0.15) is 0 Å². The van der Waals surface area contributed by atoms with Gasteiger partial charge in [-0.25, -0.2) is 4.98 Å². The minimum absolute atomic E-state index is 0.883. The molecule has 0 unspecified atom stereocenters. The van der Waals surface area contributed by atoms with Gasteiger partial charge in [0.2, 0.25) is 5.78 Å². The van der Waals surface area contributed by atoms with Gasteiger partial charge in [0.05, 0.1) is 38.6 Å². The highest BCUT2D eigenvalue weighted by Crippen LogP contribution is 2.49. The molecule has 306 valence electrons. The molecule has 10 aromatic carbocycles. The van der Waals surface area contributed by atoms with Crippen LogP contribution in [0.15, 0.2) is 224 Å². The predicted molar refractivity (Wildman–Crippen MR) is 274 cm³/mol. The van der Waals surface area contributed by atoms with E-state index >= 15 is 0 Å². The zero-order valence-electron chi connectivity index (χ0n) is 35.6. The summed E-state index contributed by atoms with van der Waals surface area (Å²) in [7, 11) is 0. The maximum Gasteiger partial charge on any atom is 0.220 e. The summed E-state index contributed by atoms with van der Waals surface area (Å²) in [6.07, 6.45) is 0. The van der Waals surface area contributed by atoms with Crippen LogP contribution in [0.5, 0.6) is 0 Å². The third-order valence-electron chi connectivity index (χ3n) is 14.1. The van der Waals surface area contributed by atoms with Crippen LogP contribution in [0.2, 0.25) is 0 Å². The summed E-state index contributed by atoms with van der Waals surface area (Å²) in [5, 5.41) is 4.80. The molecule has 0 N–H and O–H groups in total. The second kappa shape index (κ2) is 13.3. The van der Waals surface area contributed by atoms with Gasteiger partial charge in [0, 0.05) is 38.6 Å². The molecular weight excluding hydrogens is 803 g/mol. The van der Waals surface area contributed by atoms with Crippen LogP contribution in [-0.4, -0.2) is 23.1 Å². The molecule has 0 amide bonds. The topological polar surface area (TPSA) is 32.1 Å². The van der Waals surface area contributed by atoms with Crippen molar-refractivity contribution in [1.29, 1.82) is 0 Å². The summed E-state index contributed by atoms with van der Waals surface area (Å²) >= 11 is 0. The molecule has 0 fully saturated rings. The van der Waals surface area contributed by atoms with E-state index in [0.717, 1.165) is 55.9 Å². The molecule has 0 radical (unpaired) electrons. The van der Waals surface area contributed by atoms with Crippen LogP contribution in [0, 0.1) is 0 Å². The molecule has 0 bridgehead atoms. The average Bonchev–Trinajstić information content (AvgIpc) is 4.12. The van der Waals surface area contributed by atoms with Crippen molar-refractivity contribution in [2.24, 2.45) is 0 Å². The predicted octanol–water partition coefficient (Wildman–Crippen LogP) is 15.6. The van der Waals surface area contributed by atoms with Gasteiger partial charge in [-0.05, 0) is 123 Å². The van der Waals surface area contributed by atoms with Crippen LogP contribution in [-0.2, 0) is 0 Å². The van der Waals surface area contributed by atoms with E-state index in [1.807, 2.05) is 0 Å². The second-order valence-electron chi connectivity index (χ2n) is 17.5. The fourth-order valence-corrected chi connectivity index (χ4v) is 11.4. The fraction of sp³-hybridized carbons (Fsp3) is 0. The van der Waals surface area contributed by atoms with Crippen LogP contribution in [0.25, 0.3) is 133 Å². The number of imidazole rings is 2. The van der Waals surface area contributed by atoms with Crippen molar-refractivity contribution in [3.05, 3.63) is 224 Å². The van der Waals surface area contributed by atoms with Crippen molar-refractivity contribution >= 4 is 71.5 Å². The van der Waals surface area contributed by atoms with Crippen LogP contribution in [0.4, 0.5) is 0 Å². The van der Waals surface area contributed by atoms with Crippen molar-refractivity contribution in [3.63, 3.8) is 0 Å². The van der Waals surface area contributed by atoms with Crippen LogP contribution in [0.3, 0.4) is 0 Å². The largest absolute Gasteiger partial charge is 0.309 e. The molecule has 66 heavy (non-hydrogen) atoms. The highest BCUT2D eigenvalue weighted by Gasteiger charge is 2.25. The molecular formula is C61H37N5. The monoisotopic (exact) mass is 839 g/mol. The number of benzene rings is 10. The Bertz CT molecular complexity index is 4340. The van der Waals surface area contributed by atoms with Gasteiger partial charge < -0.3 is 9.13 Å². The van der Waals surface area contributed by atoms with E-state index in [0.29, 0.717) is 0 Å². The Morgan fingerprint density at radius 3 is 1.39 bits per heavy atom. The lowest BCUT2D eigenvalue weighted by molar-refractivity contribution is 1.11. The molecule has 0 atom stereocenters. The summed E-state index contributed by atoms with van der Waals surface area (Å²) < 4.78 is 9.52. The fourth-order valence-electron chi connectivity index (χ4n) is 11.4. The maximum atomic E-state index is 5.64. The van der Waals surface area contributed by atoms with Crippen LogP contribution < -0.4 is 0 Å². The third-order valence-corrected chi connectivity index (χ3v) is 14.1. The minimum Gasteiger partial charge on any atom is -0.309 e. The number of fused-ring (bicyclic) bond motifs is 20. The van der Waals surface area contributed by atoms with Crippen LogP contribution in [0.1, 0.15) is 0 Å². The Morgan fingerprint density at radius 1 is 0.258 bits per heavy atom. The molecule has 4 heterocycles. The Labute approximate surface area is 378 Å². The lowest BCUT2D eigenvalue weighted by atomic mass is 9.81. The summed E-state index contributed by atoms with van der Waals surface area (Å²) in [4.78, 5) is 5.64. The van der Waals surface area contributed by atoms with E-state index in [9.17, 15) is 0 Å². The van der Waals surface area contributed by atoms with Crippen LogP contribution >= 0.6 is 0 Å². The van der Waals surface area contributed by atoms with E-state index < -0.39 is 0 Å². The van der Waals surface area contributed by atoms with Crippen molar-refractivity contribution in [3.8, 4) is 61.6 Å². The summed E-state index contributed by atoms with van der Waals surface area (Å²) in [5.41, 5.74) is 22.1. The number of hydrogen-bond acceptors (Lipinski definition) is 1. The minimum atomic E-state index is 0.883. The van der Waals surface area contributed by atoms with E-state index in [4.69, 9.17) is 4.98 Å². The van der Waals surface area contributed by atoms with E-state index in [1.165, 1.54) is 77.1 Å². The quantitative estimate of drug-likeness (QED) is 0.174. The molecule has 1 aliphatic carbocycles. The first kappa shape index (κ1) is 35.5. The Morgan fingerprint density at radius 2 is 0.727 bits per heavy atom. The molecule has 0 saturated carbocycles. The first-order chi connectivity index (χ1) is 32.8. The highest BCUT2D eigenvalue weighted by atomic mass is 15.2. The molecule has 14 aromatic rings. The average molecular weight is 840 g/mol. The number of aromatic nitrogens is 5. The first-order valence-electron chi connectivity index (χ1n) is 22.6. The van der Waals surface area contributed by atoms with Gasteiger partial charge in [-0.3, -0.25) is 8.97 Å². The summed E-state index contributed by atoms with van der Waals surface area (Å²) in [6.45, 7) is 0. The molecule has 5 heteroatoms. The maximum absolute atomic E-state index is 5.64. The zero-order valence-corrected chi connectivity index (χ0v) is 35.6. The Hall–Kier alpha value is -8.93. The third kappa shape index (κ3) is 4.75. The van der Waals surface area contributed by atoms with Crippen molar-refractivity contribution in [2.45, 2.75) is 0 Å². The van der Waals surface area contributed by atoms with Gasteiger partial charge in [0.1, 0.15) is 5.52 Å². The van der Waals surface area contributed by atoms with E-state index in [-0.39, 0.29) is 0 Å². The first-order valence-corrected chi connectivity index (χ1v) is 22.6. The number of nitrogens with zero attached hydrogens (tertiary/aromatic N) is 5. The normalized spacial score (nSPS) is 12.2. The van der Waals surface area contributed by atoms with Crippen molar-refractivity contribution < 1.29 is 0 Å². The molecule has 1 aliphatic rings. The summed E-state index contributed by atoms with van der Waals surface area (Å²) in [6, 6.07) is 82.0. The molecule has 0 spiro atoms. The standard InChI is InChI=1S/C61H37N5/c1-2-16-38(17-3-1)64-54-27-13-10-24-48(54)50-33-35-58-59(60(50)64)62-61-65(56-28-14-15-29-57(56)66(58)61)40-31-34-55-52(37-40)49-25-11-12-26-53(49)63(55)39-30-32-47-45-22-7-6-20-43(45)41-18-4-5-19-42(41)44-21-8-9-23-46(44)51(47)36-39/h1-37H. The van der Waals surface area contributed by atoms with Gasteiger partial charge in [0.15, 0.2) is 0 Å². The van der Waals surface area contributed by atoms with Crippen molar-refractivity contribution in [1.82, 2.24) is 23.1 Å².